The Morgan fingerprint density at radius 1 is 1.07 bits per heavy atom. The van der Waals surface area contributed by atoms with Crippen LogP contribution in [0, 0.1) is 5.41 Å². The second-order valence-electron chi connectivity index (χ2n) is 5.98. The number of carbonyl (C=O) groups is 1. The summed E-state index contributed by atoms with van der Waals surface area (Å²) in [6, 6.07) is 0. The molecule has 15 heavy (non-hydrogen) atoms. The van der Waals surface area contributed by atoms with Crippen LogP contribution in [-0.2, 0) is 4.79 Å². The highest BCUT2D eigenvalue weighted by Gasteiger charge is 2.17. The standard InChI is InChI=1S/C7H16N.C5H10O2/c1-8(2)6-4-3-5-7-8;1-5(2,3)4(6)7/h3-7H2,1-2H3;1-3H3,(H,6,7)/q+1;/p-1. The number of likely N-dealkylation sites (tertiary alicyclic amines) is 1. The third-order valence-corrected chi connectivity index (χ3v) is 2.64. The number of rotatable bonds is 0. The van der Waals surface area contributed by atoms with Crippen molar-refractivity contribution in [3.63, 3.8) is 0 Å². The van der Waals surface area contributed by atoms with Crippen LogP contribution in [0.2, 0.25) is 0 Å². The van der Waals surface area contributed by atoms with E-state index in [1.807, 2.05) is 0 Å². The highest BCUT2D eigenvalue weighted by molar-refractivity contribution is 5.70. The highest BCUT2D eigenvalue weighted by Crippen LogP contribution is 2.12. The second kappa shape index (κ2) is 5.50. The van der Waals surface area contributed by atoms with Crippen molar-refractivity contribution in [3.05, 3.63) is 0 Å². The van der Waals surface area contributed by atoms with E-state index in [-0.39, 0.29) is 0 Å². The molecule has 0 N–H and O–H groups in total. The Hall–Kier alpha value is -0.570. The first-order chi connectivity index (χ1) is 6.65. The molecule has 0 aliphatic carbocycles. The summed E-state index contributed by atoms with van der Waals surface area (Å²) in [5, 5.41) is 9.91. The van der Waals surface area contributed by atoms with Gasteiger partial charge in [0.1, 0.15) is 0 Å². The lowest BCUT2D eigenvalue weighted by molar-refractivity contribution is -0.894. The summed E-state index contributed by atoms with van der Waals surface area (Å²) in [5.41, 5.74) is -0.694. The van der Waals surface area contributed by atoms with Crippen LogP contribution < -0.4 is 5.11 Å². The van der Waals surface area contributed by atoms with Gasteiger partial charge in [0, 0.05) is 11.4 Å². The lowest BCUT2D eigenvalue weighted by atomic mass is 9.98. The molecule has 3 heteroatoms. The molecule has 1 aliphatic rings. The van der Waals surface area contributed by atoms with Crippen LogP contribution >= 0.6 is 0 Å². The topological polar surface area (TPSA) is 40.1 Å². The minimum atomic E-state index is -1.01. The molecule has 0 aromatic heterocycles. The molecular formula is C12H25NO2. The predicted molar refractivity (Wildman–Crippen MR) is 60.2 cm³/mol. The van der Waals surface area contributed by atoms with E-state index in [0.29, 0.717) is 0 Å². The maximum Gasteiger partial charge on any atom is 0.0782 e. The number of carbonyl (C=O) groups excluding carboxylic acids is 1. The van der Waals surface area contributed by atoms with E-state index in [1.165, 1.54) is 36.8 Å². The van der Waals surface area contributed by atoms with Crippen LogP contribution in [0.4, 0.5) is 0 Å². The van der Waals surface area contributed by atoms with Gasteiger partial charge in [-0.3, -0.25) is 0 Å². The number of piperidine rings is 1. The van der Waals surface area contributed by atoms with Crippen molar-refractivity contribution >= 4 is 5.97 Å². The summed E-state index contributed by atoms with van der Waals surface area (Å²) in [4.78, 5) is 9.91. The number of nitrogens with zero attached hydrogens (tertiary/aromatic N) is 1. The summed E-state index contributed by atoms with van der Waals surface area (Å²) < 4.78 is 1.25. The van der Waals surface area contributed by atoms with Gasteiger partial charge in [-0.2, -0.15) is 0 Å². The minimum absolute atomic E-state index is 0.694. The van der Waals surface area contributed by atoms with Gasteiger partial charge in [-0.1, -0.05) is 20.8 Å². The average Bonchev–Trinajstić information content (AvgIpc) is 2.02. The molecule has 0 spiro atoms. The largest absolute Gasteiger partial charge is 0.550 e. The average molecular weight is 215 g/mol. The molecule has 0 atom stereocenters. The van der Waals surface area contributed by atoms with Crippen LogP contribution in [0.15, 0.2) is 0 Å². The third-order valence-electron chi connectivity index (χ3n) is 2.64. The molecule has 1 aliphatic heterocycles. The summed E-state index contributed by atoms with van der Waals surface area (Å²) >= 11 is 0. The molecule has 1 heterocycles. The van der Waals surface area contributed by atoms with Gasteiger partial charge in [0.2, 0.25) is 0 Å². The van der Waals surface area contributed by atoms with Crippen LogP contribution in [-0.4, -0.2) is 37.6 Å². The Morgan fingerprint density at radius 2 is 1.40 bits per heavy atom. The molecule has 1 rings (SSSR count). The lowest BCUT2D eigenvalue weighted by Crippen LogP contribution is -2.43. The monoisotopic (exact) mass is 215 g/mol. The highest BCUT2D eigenvalue weighted by atomic mass is 16.4. The van der Waals surface area contributed by atoms with E-state index >= 15 is 0 Å². The molecule has 0 radical (unpaired) electrons. The Labute approximate surface area is 93.7 Å². The van der Waals surface area contributed by atoms with Crippen LogP contribution in [0.5, 0.6) is 0 Å². The zero-order valence-electron chi connectivity index (χ0n) is 10.8. The number of hydrogen-bond acceptors (Lipinski definition) is 2. The van der Waals surface area contributed by atoms with Crippen molar-refractivity contribution < 1.29 is 14.4 Å². The predicted octanol–water partition coefficient (Wildman–Crippen LogP) is 1.03. The normalized spacial score (nSPS) is 20.1. The Kier molecular flexibility index (Phi) is 5.29. The molecular weight excluding hydrogens is 190 g/mol. The maximum absolute atomic E-state index is 9.91. The number of hydrogen-bond donors (Lipinski definition) is 0. The van der Waals surface area contributed by atoms with Gasteiger partial charge in [0.15, 0.2) is 0 Å². The molecule has 0 aromatic carbocycles. The second-order valence-corrected chi connectivity index (χ2v) is 5.98. The van der Waals surface area contributed by atoms with Gasteiger partial charge < -0.3 is 14.4 Å². The van der Waals surface area contributed by atoms with Gasteiger partial charge in [-0.25, -0.2) is 0 Å². The van der Waals surface area contributed by atoms with E-state index in [2.05, 4.69) is 14.1 Å². The number of carboxylic acid groups (broad SMARTS) is 1. The van der Waals surface area contributed by atoms with E-state index in [9.17, 15) is 9.90 Å². The fraction of sp³-hybridized carbons (Fsp3) is 0.917. The minimum Gasteiger partial charge on any atom is -0.550 e. The molecule has 1 fully saturated rings. The first-order valence-electron chi connectivity index (χ1n) is 5.69. The number of carboxylic acids is 1. The molecule has 1 saturated heterocycles. The number of aliphatic carboxylic acids is 1. The SMILES string of the molecule is CC(C)(C)C(=O)[O-].C[N+]1(C)CCCCC1. The van der Waals surface area contributed by atoms with E-state index in [1.54, 1.807) is 20.8 Å². The Balaban J connectivity index is 0.000000265. The Morgan fingerprint density at radius 3 is 1.53 bits per heavy atom. The zero-order valence-corrected chi connectivity index (χ0v) is 10.8. The molecule has 0 amide bonds. The zero-order chi connectivity index (χ0) is 12.1. The summed E-state index contributed by atoms with van der Waals surface area (Å²) in [7, 11) is 4.64. The van der Waals surface area contributed by atoms with Crippen molar-refractivity contribution in [2.75, 3.05) is 27.2 Å². The quantitative estimate of drug-likeness (QED) is 0.566. The summed E-state index contributed by atoms with van der Waals surface area (Å²) in [6.45, 7) is 7.58. The van der Waals surface area contributed by atoms with Crippen LogP contribution in [0.1, 0.15) is 40.0 Å². The number of quaternary nitrogens is 1. The molecule has 0 aromatic rings. The van der Waals surface area contributed by atoms with Gasteiger partial charge in [0.25, 0.3) is 0 Å². The van der Waals surface area contributed by atoms with Crippen molar-refractivity contribution in [2.45, 2.75) is 40.0 Å². The first kappa shape index (κ1) is 14.4. The summed E-state index contributed by atoms with van der Waals surface area (Å²) in [6.07, 6.45) is 4.34. The first-order valence-corrected chi connectivity index (χ1v) is 5.69. The van der Waals surface area contributed by atoms with Gasteiger partial charge in [-0.05, 0) is 19.3 Å². The van der Waals surface area contributed by atoms with Crippen LogP contribution in [0.25, 0.3) is 0 Å². The Bertz CT molecular complexity index is 196. The van der Waals surface area contributed by atoms with Crippen molar-refractivity contribution in [3.8, 4) is 0 Å². The van der Waals surface area contributed by atoms with E-state index in [0.717, 1.165) is 0 Å². The van der Waals surface area contributed by atoms with Gasteiger partial charge in [-0.15, -0.1) is 0 Å². The fourth-order valence-electron chi connectivity index (χ4n) is 1.37. The van der Waals surface area contributed by atoms with Crippen LogP contribution in [0.3, 0.4) is 0 Å². The van der Waals surface area contributed by atoms with Gasteiger partial charge >= 0.3 is 0 Å². The summed E-state index contributed by atoms with van der Waals surface area (Å²) in [5.74, 6) is -1.01. The molecule has 0 saturated carbocycles. The maximum atomic E-state index is 9.91. The van der Waals surface area contributed by atoms with E-state index < -0.39 is 11.4 Å². The molecule has 3 nitrogen and oxygen atoms in total. The van der Waals surface area contributed by atoms with E-state index in [4.69, 9.17) is 0 Å². The van der Waals surface area contributed by atoms with Crippen molar-refractivity contribution in [1.29, 1.82) is 0 Å². The van der Waals surface area contributed by atoms with Gasteiger partial charge in [0.05, 0.1) is 27.2 Å². The smallest absolute Gasteiger partial charge is 0.0782 e. The third kappa shape index (κ3) is 7.37. The van der Waals surface area contributed by atoms with Crippen molar-refractivity contribution in [1.82, 2.24) is 0 Å². The molecule has 90 valence electrons. The lowest BCUT2D eigenvalue weighted by Gasteiger charge is -2.33. The fourth-order valence-corrected chi connectivity index (χ4v) is 1.37. The molecule has 0 bridgehead atoms. The van der Waals surface area contributed by atoms with Crippen molar-refractivity contribution in [2.24, 2.45) is 5.41 Å². The molecule has 0 unspecified atom stereocenters.